The molecule has 0 aliphatic heterocycles. The lowest BCUT2D eigenvalue weighted by Crippen LogP contribution is -2.49. The molecule has 3 amide bonds. The van der Waals surface area contributed by atoms with Crippen molar-refractivity contribution in [2.45, 2.75) is 57.0 Å². The third-order valence-corrected chi connectivity index (χ3v) is 4.44. The van der Waals surface area contributed by atoms with Crippen molar-refractivity contribution >= 4 is 23.7 Å². The number of aryl methyl sites for hydroxylation is 1. The minimum atomic E-state index is -0.512. The molecule has 8 heteroatoms. The summed E-state index contributed by atoms with van der Waals surface area (Å²) >= 11 is 1.19. The molecule has 0 spiro atoms. The number of hydrogen-bond donors (Lipinski definition) is 3. The lowest BCUT2D eigenvalue weighted by atomic mass is 10.1. The largest absolute Gasteiger partial charge is 0.333 e. The Kier molecular flexibility index (Phi) is 6.42. The van der Waals surface area contributed by atoms with E-state index in [1.807, 2.05) is 32.9 Å². The summed E-state index contributed by atoms with van der Waals surface area (Å²) in [4.78, 5) is 28.3. The summed E-state index contributed by atoms with van der Waals surface area (Å²) in [7, 11) is 0. The fourth-order valence-electron chi connectivity index (χ4n) is 2.12. The van der Waals surface area contributed by atoms with Gasteiger partial charge in [-0.3, -0.25) is 15.2 Å². The Balaban J connectivity index is 1.94. The maximum atomic E-state index is 12.1. The third kappa shape index (κ3) is 5.87. The number of hydrogen-bond acceptors (Lipinski definition) is 5. The maximum absolute atomic E-state index is 12.1. The van der Waals surface area contributed by atoms with Gasteiger partial charge >= 0.3 is 6.03 Å². The highest BCUT2D eigenvalue weighted by molar-refractivity contribution is 8.00. The van der Waals surface area contributed by atoms with Crippen molar-refractivity contribution in [1.82, 2.24) is 25.8 Å². The molecule has 3 N–H and O–H groups in total. The average Bonchev–Trinajstić information content (AvgIpc) is 3.01. The van der Waals surface area contributed by atoms with Gasteiger partial charge in [0, 0.05) is 11.1 Å². The van der Waals surface area contributed by atoms with Crippen molar-refractivity contribution < 1.29 is 9.59 Å². The summed E-state index contributed by atoms with van der Waals surface area (Å²) in [6, 6.07) is 7.56. The minimum absolute atomic E-state index is 0.393. The van der Waals surface area contributed by atoms with E-state index in [2.05, 4.69) is 44.9 Å². The second-order valence-electron chi connectivity index (χ2n) is 6.97. The monoisotopic (exact) mass is 375 g/mol. The minimum Gasteiger partial charge on any atom is -0.333 e. The van der Waals surface area contributed by atoms with E-state index in [-0.39, 0.29) is 0 Å². The highest BCUT2D eigenvalue weighted by atomic mass is 32.2. The molecule has 0 fully saturated rings. The number of urea groups is 1. The fraction of sp³-hybridized carbons (Fsp3) is 0.444. The first-order valence-electron chi connectivity index (χ1n) is 8.49. The number of carbonyl (C=O) groups is 2. The van der Waals surface area contributed by atoms with Crippen molar-refractivity contribution in [3.8, 4) is 11.4 Å². The van der Waals surface area contributed by atoms with Gasteiger partial charge in [-0.15, -0.1) is 5.10 Å². The number of carbonyl (C=O) groups excluding carboxylic acids is 2. The average molecular weight is 375 g/mol. The number of thioether (sulfide) groups is 1. The molecule has 1 atom stereocenters. The molecule has 26 heavy (non-hydrogen) atoms. The van der Waals surface area contributed by atoms with Crippen molar-refractivity contribution in [3.05, 3.63) is 29.8 Å². The van der Waals surface area contributed by atoms with Crippen LogP contribution in [0.25, 0.3) is 11.4 Å². The van der Waals surface area contributed by atoms with Crippen LogP contribution in [-0.2, 0) is 11.2 Å². The number of amides is 3. The standard InChI is InChI=1S/C18H25N5O2S/c1-6-12-7-9-13(10-8-12)14-19-17(23-22-14)26-11(2)15(24)20-16(25)21-18(3,4)5/h7-11H,6H2,1-5H3,(H,19,22,23)(H2,20,21,24,25)/t11-/m1/s1. The molecule has 1 aromatic carbocycles. The van der Waals surface area contributed by atoms with Gasteiger partial charge in [-0.25, -0.2) is 9.78 Å². The molecule has 140 valence electrons. The fourth-order valence-corrected chi connectivity index (χ4v) is 2.85. The van der Waals surface area contributed by atoms with Gasteiger partial charge in [0.15, 0.2) is 5.82 Å². The molecule has 0 saturated carbocycles. The van der Waals surface area contributed by atoms with Crippen LogP contribution in [0, 0.1) is 0 Å². The van der Waals surface area contributed by atoms with Gasteiger partial charge in [0.2, 0.25) is 11.1 Å². The van der Waals surface area contributed by atoms with E-state index in [0.29, 0.717) is 11.0 Å². The first-order chi connectivity index (χ1) is 12.2. The first-order valence-corrected chi connectivity index (χ1v) is 9.37. The SMILES string of the molecule is CCc1ccc(-c2nc(S[C@H](C)C(=O)NC(=O)NC(C)(C)C)n[nH]2)cc1. The lowest BCUT2D eigenvalue weighted by molar-refractivity contribution is -0.119. The van der Waals surface area contributed by atoms with Crippen molar-refractivity contribution in [2.75, 3.05) is 0 Å². The van der Waals surface area contributed by atoms with E-state index in [4.69, 9.17) is 0 Å². The van der Waals surface area contributed by atoms with Gasteiger partial charge in [0.05, 0.1) is 5.25 Å². The molecule has 0 saturated heterocycles. The third-order valence-electron chi connectivity index (χ3n) is 3.48. The van der Waals surface area contributed by atoms with Crippen molar-refractivity contribution in [3.63, 3.8) is 0 Å². The molecule has 0 unspecified atom stereocenters. The van der Waals surface area contributed by atoms with E-state index in [1.165, 1.54) is 17.3 Å². The van der Waals surface area contributed by atoms with Crippen LogP contribution in [-0.4, -0.2) is 37.9 Å². The molecule has 0 bridgehead atoms. The van der Waals surface area contributed by atoms with E-state index < -0.39 is 22.7 Å². The Labute approximate surface area is 157 Å². The number of H-pyrrole nitrogens is 1. The molecule has 7 nitrogen and oxygen atoms in total. The van der Waals surface area contributed by atoms with Crippen LogP contribution in [0.2, 0.25) is 0 Å². The number of nitrogens with one attached hydrogen (secondary N) is 3. The van der Waals surface area contributed by atoms with Crippen molar-refractivity contribution in [1.29, 1.82) is 0 Å². The van der Waals surface area contributed by atoms with E-state index in [0.717, 1.165) is 12.0 Å². The summed E-state index contributed by atoms with van der Waals surface area (Å²) in [5.41, 5.74) is 1.78. The number of rotatable bonds is 5. The highest BCUT2D eigenvalue weighted by Gasteiger charge is 2.21. The first kappa shape index (κ1) is 20.0. The number of benzene rings is 1. The number of imide groups is 1. The topological polar surface area (TPSA) is 99.8 Å². The predicted molar refractivity (Wildman–Crippen MR) is 103 cm³/mol. The Morgan fingerprint density at radius 1 is 1.23 bits per heavy atom. The van der Waals surface area contributed by atoms with Crippen LogP contribution in [0.5, 0.6) is 0 Å². The lowest BCUT2D eigenvalue weighted by Gasteiger charge is -2.20. The quantitative estimate of drug-likeness (QED) is 0.697. The molecule has 0 aliphatic rings. The smallest absolute Gasteiger partial charge is 0.321 e. The zero-order valence-corrected chi connectivity index (χ0v) is 16.5. The molecule has 1 heterocycles. The van der Waals surface area contributed by atoms with Crippen LogP contribution in [0.15, 0.2) is 29.4 Å². The number of aromatic amines is 1. The van der Waals surface area contributed by atoms with Crippen molar-refractivity contribution in [2.24, 2.45) is 0 Å². The Morgan fingerprint density at radius 3 is 2.46 bits per heavy atom. The van der Waals surface area contributed by atoms with Crippen LogP contribution in [0.4, 0.5) is 4.79 Å². The maximum Gasteiger partial charge on any atom is 0.321 e. The summed E-state index contributed by atoms with van der Waals surface area (Å²) in [5, 5.41) is 12.0. The number of aromatic nitrogens is 3. The highest BCUT2D eigenvalue weighted by Crippen LogP contribution is 2.23. The Hall–Kier alpha value is -2.35. The zero-order chi connectivity index (χ0) is 19.3. The second-order valence-corrected chi connectivity index (χ2v) is 8.28. The normalized spacial score (nSPS) is 12.5. The van der Waals surface area contributed by atoms with Crippen LogP contribution in [0.3, 0.4) is 0 Å². The van der Waals surface area contributed by atoms with E-state index in [1.54, 1.807) is 6.92 Å². The van der Waals surface area contributed by atoms with Gasteiger partial charge in [0.1, 0.15) is 0 Å². The van der Waals surface area contributed by atoms with Gasteiger partial charge < -0.3 is 5.32 Å². The summed E-state index contributed by atoms with van der Waals surface area (Å²) in [6.45, 7) is 9.34. The van der Waals surface area contributed by atoms with Gasteiger partial charge in [-0.2, -0.15) is 0 Å². The predicted octanol–water partition coefficient (Wildman–Crippen LogP) is 3.14. The molecule has 1 aromatic heterocycles. The van der Waals surface area contributed by atoms with Crippen LogP contribution in [0.1, 0.15) is 40.2 Å². The number of nitrogens with zero attached hydrogens (tertiary/aromatic N) is 2. The summed E-state index contributed by atoms with van der Waals surface area (Å²) < 4.78 is 0. The second kappa shape index (κ2) is 8.35. The van der Waals surface area contributed by atoms with Gasteiger partial charge in [-0.05, 0) is 39.7 Å². The van der Waals surface area contributed by atoms with E-state index >= 15 is 0 Å². The molecule has 2 aromatic rings. The van der Waals surface area contributed by atoms with Gasteiger partial charge in [-0.1, -0.05) is 43.0 Å². The summed E-state index contributed by atoms with van der Waals surface area (Å²) in [6.07, 6.45) is 0.979. The van der Waals surface area contributed by atoms with Gasteiger partial charge in [0.25, 0.3) is 0 Å². The Bertz CT molecular complexity index is 765. The summed E-state index contributed by atoms with van der Waals surface area (Å²) in [5.74, 6) is 0.253. The molecule has 0 aliphatic carbocycles. The molecular weight excluding hydrogens is 350 g/mol. The van der Waals surface area contributed by atoms with Crippen LogP contribution >= 0.6 is 11.8 Å². The molecule has 2 rings (SSSR count). The zero-order valence-electron chi connectivity index (χ0n) is 15.7. The van der Waals surface area contributed by atoms with Crippen LogP contribution < -0.4 is 10.6 Å². The Morgan fingerprint density at radius 2 is 1.88 bits per heavy atom. The van der Waals surface area contributed by atoms with E-state index in [9.17, 15) is 9.59 Å². The molecular formula is C18H25N5O2S. The molecule has 0 radical (unpaired) electrons.